The van der Waals surface area contributed by atoms with Gasteiger partial charge in [-0.25, -0.2) is 31.5 Å². The Kier molecular flexibility index (Phi) is 8.21. The summed E-state index contributed by atoms with van der Waals surface area (Å²) in [4.78, 5) is 41.5. The first-order chi connectivity index (χ1) is 21.4. The van der Waals surface area contributed by atoms with Crippen LogP contribution >= 0.6 is 0 Å². The van der Waals surface area contributed by atoms with E-state index < -0.39 is 67.9 Å². The van der Waals surface area contributed by atoms with Crippen molar-refractivity contribution in [2.45, 2.75) is 43.9 Å². The average Bonchev–Trinajstić information content (AvgIpc) is 2.96. The molecule has 4 heterocycles. The first-order valence-electron chi connectivity index (χ1n) is 13.8. The number of amides is 1. The summed E-state index contributed by atoms with van der Waals surface area (Å²) in [5, 5.41) is -0.184. The highest BCUT2D eigenvalue weighted by Crippen LogP contribution is 2.40. The molecule has 0 unspecified atom stereocenters. The summed E-state index contributed by atoms with van der Waals surface area (Å²) < 4.78 is 99.4. The molecular formula is C30H27F5N6O4S. The van der Waals surface area contributed by atoms with Crippen molar-refractivity contribution in [3.63, 3.8) is 0 Å². The zero-order chi connectivity index (χ0) is 33.9. The van der Waals surface area contributed by atoms with Crippen LogP contribution in [0.5, 0.6) is 0 Å². The number of pyridine rings is 2. The van der Waals surface area contributed by atoms with Crippen LogP contribution in [0.2, 0.25) is 0 Å². The summed E-state index contributed by atoms with van der Waals surface area (Å²) in [5.74, 6) is -3.24. The summed E-state index contributed by atoms with van der Waals surface area (Å²) in [6, 6.07) is 3.04. The molecule has 3 aromatic heterocycles. The Morgan fingerprint density at radius 3 is 2.39 bits per heavy atom. The number of carbonyl (C=O) groups is 1. The highest BCUT2D eigenvalue weighted by molar-refractivity contribution is 7.90. The fraction of sp³-hybridized carbons (Fsp3) is 0.300. The van der Waals surface area contributed by atoms with Crippen LogP contribution < -0.4 is 10.6 Å². The van der Waals surface area contributed by atoms with E-state index in [0.29, 0.717) is 12.1 Å². The van der Waals surface area contributed by atoms with E-state index in [9.17, 15) is 31.2 Å². The third kappa shape index (κ3) is 5.61. The SMILES string of the molecule is C=CC(=O)N1C[C@H](C)N(c2nc(=O)n(-c3c(S(C)(=O)=O)ccnc3C)c3nc(-c4c(F)cccc4C(F)(F)F)c(F)cc23)C[C@@H]1C. The standard InChI is InChI=1S/C30H27F5N6O4S/c1-6-23(42)39-13-16(3)40(14-15(39)2)27-18-12-21(32)25(24-19(30(33,34)35)8-7-9-20(24)31)37-28(18)41(29(43)38-27)26-17(4)36-11-10-22(26)46(5,44)45/h6-12,15-16H,1,13-14H2,2-5H3/t15-,16-/m0/s1. The lowest BCUT2D eigenvalue weighted by Gasteiger charge is -2.44. The van der Waals surface area contributed by atoms with Crippen LogP contribution in [-0.2, 0) is 20.8 Å². The summed E-state index contributed by atoms with van der Waals surface area (Å²) in [7, 11) is -4.05. The van der Waals surface area contributed by atoms with Crippen LogP contribution in [-0.4, -0.2) is 70.2 Å². The zero-order valence-electron chi connectivity index (χ0n) is 24.9. The van der Waals surface area contributed by atoms with Crippen LogP contribution in [0.25, 0.3) is 28.0 Å². The van der Waals surface area contributed by atoms with Crippen molar-refractivity contribution in [2.75, 3.05) is 24.2 Å². The molecule has 0 spiro atoms. The molecule has 1 saturated heterocycles. The quantitative estimate of drug-likeness (QED) is 0.227. The van der Waals surface area contributed by atoms with Gasteiger partial charge >= 0.3 is 11.9 Å². The number of halogens is 5. The van der Waals surface area contributed by atoms with E-state index in [4.69, 9.17) is 0 Å². The van der Waals surface area contributed by atoms with E-state index >= 15 is 8.78 Å². The molecule has 0 radical (unpaired) electrons. The number of benzene rings is 1. The van der Waals surface area contributed by atoms with Gasteiger partial charge in [-0.2, -0.15) is 18.2 Å². The minimum atomic E-state index is -5.11. The minimum Gasteiger partial charge on any atom is -0.349 e. The predicted molar refractivity (Wildman–Crippen MR) is 159 cm³/mol. The Morgan fingerprint density at radius 1 is 1.07 bits per heavy atom. The Labute approximate surface area is 259 Å². The number of rotatable bonds is 5. The molecule has 1 aliphatic heterocycles. The maximum atomic E-state index is 16.0. The molecule has 2 atom stereocenters. The lowest BCUT2D eigenvalue weighted by molar-refractivity contribution is -0.137. The second kappa shape index (κ2) is 11.6. The number of hydrogen-bond donors (Lipinski definition) is 0. The monoisotopic (exact) mass is 662 g/mol. The van der Waals surface area contributed by atoms with Crippen molar-refractivity contribution < 1.29 is 35.2 Å². The van der Waals surface area contributed by atoms with Gasteiger partial charge in [0.15, 0.2) is 21.3 Å². The number of fused-ring (bicyclic) bond motifs is 1. The van der Waals surface area contributed by atoms with Gasteiger partial charge in [-0.3, -0.25) is 9.78 Å². The van der Waals surface area contributed by atoms with Crippen LogP contribution in [0.4, 0.5) is 27.8 Å². The molecular weight excluding hydrogens is 635 g/mol. The van der Waals surface area contributed by atoms with Gasteiger partial charge in [-0.05, 0) is 51.1 Å². The number of aromatic nitrogens is 4. The molecule has 1 aliphatic rings. The highest BCUT2D eigenvalue weighted by atomic mass is 32.2. The lowest BCUT2D eigenvalue weighted by atomic mass is 10.0. The van der Waals surface area contributed by atoms with Crippen molar-refractivity contribution >= 4 is 32.6 Å². The molecule has 0 N–H and O–H groups in total. The molecule has 4 aromatic rings. The fourth-order valence-corrected chi connectivity index (χ4v) is 6.55. The molecule has 0 saturated carbocycles. The van der Waals surface area contributed by atoms with Gasteiger partial charge in [0.05, 0.1) is 32.8 Å². The van der Waals surface area contributed by atoms with Crippen LogP contribution in [0, 0.1) is 18.6 Å². The topological polar surface area (TPSA) is 118 Å². The van der Waals surface area contributed by atoms with Crippen molar-refractivity contribution in [2.24, 2.45) is 0 Å². The molecule has 46 heavy (non-hydrogen) atoms. The van der Waals surface area contributed by atoms with Crippen molar-refractivity contribution in [1.29, 1.82) is 0 Å². The van der Waals surface area contributed by atoms with Crippen LogP contribution in [0.15, 0.2) is 58.9 Å². The molecule has 5 rings (SSSR count). The summed E-state index contributed by atoms with van der Waals surface area (Å²) >= 11 is 0. The molecule has 16 heteroatoms. The average molecular weight is 663 g/mol. The fourth-order valence-electron chi connectivity index (χ4n) is 5.65. The largest absolute Gasteiger partial charge is 0.417 e. The van der Waals surface area contributed by atoms with Crippen molar-refractivity contribution in [3.05, 3.63) is 82.6 Å². The maximum Gasteiger partial charge on any atom is 0.417 e. The number of sulfone groups is 1. The molecule has 0 aliphatic carbocycles. The van der Waals surface area contributed by atoms with E-state index in [1.54, 1.807) is 23.6 Å². The third-order valence-electron chi connectivity index (χ3n) is 7.77. The van der Waals surface area contributed by atoms with E-state index in [-0.39, 0.29) is 46.5 Å². The molecule has 1 fully saturated rings. The summed E-state index contributed by atoms with van der Waals surface area (Å²) in [6.07, 6.45) is -1.89. The smallest absolute Gasteiger partial charge is 0.349 e. The highest BCUT2D eigenvalue weighted by Gasteiger charge is 2.38. The van der Waals surface area contributed by atoms with E-state index in [2.05, 4.69) is 21.5 Å². The Balaban J connectivity index is 1.90. The Hall–Kier alpha value is -4.73. The van der Waals surface area contributed by atoms with Crippen LogP contribution in [0.3, 0.4) is 0 Å². The second-order valence-electron chi connectivity index (χ2n) is 11.0. The minimum absolute atomic E-state index is 0.00830. The number of aryl methyl sites for hydroxylation is 1. The number of nitrogens with zero attached hydrogens (tertiary/aromatic N) is 6. The van der Waals surface area contributed by atoms with Gasteiger partial charge in [-0.1, -0.05) is 12.6 Å². The van der Waals surface area contributed by atoms with Crippen LogP contribution in [0.1, 0.15) is 25.1 Å². The van der Waals surface area contributed by atoms with Gasteiger partial charge in [-0.15, -0.1) is 0 Å². The van der Waals surface area contributed by atoms with Gasteiger partial charge < -0.3 is 9.80 Å². The normalized spacial score (nSPS) is 17.4. The number of alkyl halides is 3. The molecule has 0 bridgehead atoms. The number of anilines is 1. The summed E-state index contributed by atoms with van der Waals surface area (Å²) in [5.41, 5.74) is -5.67. The first kappa shape index (κ1) is 32.7. The van der Waals surface area contributed by atoms with Gasteiger partial charge in [0, 0.05) is 37.6 Å². The number of hydrogen-bond acceptors (Lipinski definition) is 8. The Bertz CT molecular complexity index is 2080. The number of piperazine rings is 1. The number of carbonyl (C=O) groups excluding carboxylic acids is 1. The van der Waals surface area contributed by atoms with E-state index in [1.807, 2.05) is 0 Å². The first-order valence-corrected chi connectivity index (χ1v) is 15.7. The third-order valence-corrected chi connectivity index (χ3v) is 8.89. The summed E-state index contributed by atoms with van der Waals surface area (Å²) in [6.45, 7) is 8.59. The van der Waals surface area contributed by atoms with Crippen molar-refractivity contribution in [1.82, 2.24) is 24.4 Å². The molecule has 1 aromatic carbocycles. The van der Waals surface area contributed by atoms with E-state index in [0.717, 1.165) is 35.1 Å². The lowest BCUT2D eigenvalue weighted by Crippen LogP contribution is -2.58. The second-order valence-corrected chi connectivity index (χ2v) is 12.9. The van der Waals surface area contributed by atoms with Crippen molar-refractivity contribution in [3.8, 4) is 16.9 Å². The molecule has 1 amide bonds. The van der Waals surface area contributed by atoms with E-state index in [1.165, 1.54) is 13.1 Å². The maximum absolute atomic E-state index is 16.0. The van der Waals surface area contributed by atoms with Gasteiger partial charge in [0.2, 0.25) is 5.91 Å². The predicted octanol–water partition coefficient (Wildman–Crippen LogP) is 4.46. The van der Waals surface area contributed by atoms with Gasteiger partial charge in [0.25, 0.3) is 0 Å². The zero-order valence-corrected chi connectivity index (χ0v) is 25.7. The van der Waals surface area contributed by atoms with Gasteiger partial charge in [0.1, 0.15) is 17.3 Å². The molecule has 242 valence electrons. The molecule has 10 nitrogen and oxygen atoms in total. The Morgan fingerprint density at radius 2 is 1.76 bits per heavy atom.